The second-order valence-electron chi connectivity index (χ2n) is 10.4. The summed E-state index contributed by atoms with van der Waals surface area (Å²) in [6, 6.07) is 22.0. The molecule has 3 aromatic carbocycles. The predicted octanol–water partition coefficient (Wildman–Crippen LogP) is 7.90. The van der Waals surface area contributed by atoms with Gasteiger partial charge in [-0.1, -0.05) is 109 Å². The fourth-order valence-corrected chi connectivity index (χ4v) is 6.62. The van der Waals surface area contributed by atoms with Crippen molar-refractivity contribution in [1.29, 1.82) is 0 Å². The molecule has 0 spiro atoms. The van der Waals surface area contributed by atoms with Crippen LogP contribution in [0.3, 0.4) is 0 Å². The van der Waals surface area contributed by atoms with Crippen LogP contribution in [0.5, 0.6) is 11.5 Å². The highest BCUT2D eigenvalue weighted by Crippen LogP contribution is 2.45. The summed E-state index contributed by atoms with van der Waals surface area (Å²) in [4.78, 5) is 28.7. The topological polar surface area (TPSA) is 102 Å². The highest BCUT2D eigenvalue weighted by molar-refractivity contribution is 8.00. The molecule has 4 aromatic rings. The lowest BCUT2D eigenvalue weighted by Gasteiger charge is -2.24. The zero-order valence-electron chi connectivity index (χ0n) is 25.4. The number of aryl methyl sites for hydroxylation is 1. The van der Waals surface area contributed by atoms with E-state index >= 15 is 0 Å². The minimum absolute atomic E-state index is 0.0432. The van der Waals surface area contributed by atoms with Crippen LogP contribution in [-0.4, -0.2) is 40.2 Å². The van der Waals surface area contributed by atoms with E-state index in [1.54, 1.807) is 24.3 Å². The van der Waals surface area contributed by atoms with E-state index in [4.69, 9.17) is 9.47 Å². The lowest BCUT2D eigenvalue weighted by molar-refractivity contribution is -0.117. The molecule has 0 fully saturated rings. The van der Waals surface area contributed by atoms with Crippen molar-refractivity contribution in [2.24, 2.45) is 0 Å². The maximum atomic E-state index is 13.7. The monoisotopic (exact) mass is 641 g/mol. The maximum absolute atomic E-state index is 13.7. The van der Waals surface area contributed by atoms with Gasteiger partial charge in [0, 0.05) is 5.75 Å². The molecule has 0 saturated heterocycles. The summed E-state index contributed by atoms with van der Waals surface area (Å²) in [5.41, 5.74) is 3.66. The van der Waals surface area contributed by atoms with E-state index < -0.39 is 23.5 Å². The van der Waals surface area contributed by atoms with E-state index in [0.29, 0.717) is 40.4 Å². The third-order valence-electron chi connectivity index (χ3n) is 7.12. The van der Waals surface area contributed by atoms with E-state index in [0.717, 1.165) is 24.0 Å². The fourth-order valence-electron chi connectivity index (χ4n) is 4.79. The Kier molecular flexibility index (Phi) is 10.7. The number of hydrogen-bond acceptors (Lipinski definition) is 9. The highest BCUT2D eigenvalue weighted by atomic mass is 32.2. The number of aromatic nitrogens is 2. The number of aliphatic hydroxyl groups excluding tert-OH is 1. The summed E-state index contributed by atoms with van der Waals surface area (Å²) in [6.07, 6.45) is 4.91. The van der Waals surface area contributed by atoms with Crippen molar-refractivity contribution in [3.8, 4) is 11.5 Å². The van der Waals surface area contributed by atoms with Gasteiger partial charge in [-0.05, 0) is 55.2 Å². The first kappa shape index (κ1) is 32.0. The van der Waals surface area contributed by atoms with Crippen LogP contribution in [0.15, 0.2) is 94.5 Å². The largest absolute Gasteiger partial charge is 0.503 e. The van der Waals surface area contributed by atoms with Gasteiger partial charge < -0.3 is 14.6 Å². The number of nitrogens with zero attached hydrogens (tertiary/aromatic N) is 3. The molecule has 0 saturated carbocycles. The molecule has 8 nitrogen and oxygen atoms in total. The minimum Gasteiger partial charge on any atom is -0.503 e. The number of rotatable bonds is 14. The number of allylic oxidation sites excluding steroid dienone is 1. The van der Waals surface area contributed by atoms with Gasteiger partial charge in [0.05, 0.1) is 24.8 Å². The standard InChI is InChI=1S/C35H35N3O5S2/c1-4-6-20-43-28-19-17-26(21-29(28)42-5-2)31-30(27(39)18-16-24-10-8-7-9-11-24)32(40)33(41)38(31)34-36-37-35(45-34)44-22-25-14-12-23(3)13-15-25/h7-19,21,31,40H,4-6,20,22H2,1-3H3. The molecule has 1 atom stereocenters. The molecule has 5 rings (SSSR count). The third kappa shape index (κ3) is 7.64. The van der Waals surface area contributed by atoms with Crippen molar-refractivity contribution in [2.75, 3.05) is 18.1 Å². The van der Waals surface area contributed by atoms with Gasteiger partial charge in [-0.2, -0.15) is 0 Å². The molecular weight excluding hydrogens is 607 g/mol. The number of anilines is 1. The van der Waals surface area contributed by atoms with Gasteiger partial charge in [-0.15, -0.1) is 10.2 Å². The molecule has 1 aliphatic heterocycles. The Bertz CT molecular complexity index is 1700. The van der Waals surface area contributed by atoms with Crippen LogP contribution in [0.4, 0.5) is 5.13 Å². The summed E-state index contributed by atoms with van der Waals surface area (Å²) >= 11 is 2.74. The quantitative estimate of drug-likeness (QED) is 0.0642. The molecule has 0 bridgehead atoms. The van der Waals surface area contributed by atoms with Crippen LogP contribution < -0.4 is 14.4 Å². The Morgan fingerprint density at radius 2 is 1.80 bits per heavy atom. The molecule has 1 unspecified atom stereocenters. The molecule has 10 heteroatoms. The fraction of sp³-hybridized carbons (Fsp3) is 0.257. The van der Waals surface area contributed by atoms with Crippen molar-refractivity contribution in [1.82, 2.24) is 10.2 Å². The van der Waals surface area contributed by atoms with Crippen molar-refractivity contribution >= 4 is 46.0 Å². The Morgan fingerprint density at radius 3 is 2.53 bits per heavy atom. The lowest BCUT2D eigenvalue weighted by atomic mass is 9.95. The van der Waals surface area contributed by atoms with Crippen LogP contribution in [-0.2, 0) is 15.3 Å². The van der Waals surface area contributed by atoms with Gasteiger partial charge >= 0.3 is 0 Å². The molecule has 45 heavy (non-hydrogen) atoms. The first-order chi connectivity index (χ1) is 21.9. The first-order valence-corrected chi connectivity index (χ1v) is 16.6. The lowest BCUT2D eigenvalue weighted by Crippen LogP contribution is -2.31. The molecule has 2 heterocycles. The van der Waals surface area contributed by atoms with Crippen LogP contribution >= 0.6 is 23.1 Å². The Morgan fingerprint density at radius 1 is 1.02 bits per heavy atom. The second kappa shape index (κ2) is 15.0. The number of thioether (sulfide) groups is 1. The summed E-state index contributed by atoms with van der Waals surface area (Å²) in [7, 11) is 0. The van der Waals surface area contributed by atoms with Crippen LogP contribution in [0.25, 0.3) is 6.08 Å². The molecule has 0 radical (unpaired) electrons. The van der Waals surface area contributed by atoms with E-state index in [1.165, 1.54) is 39.6 Å². The Labute approximate surface area is 271 Å². The normalized spacial score (nSPS) is 14.9. The van der Waals surface area contributed by atoms with Gasteiger partial charge in [0.25, 0.3) is 5.91 Å². The van der Waals surface area contributed by atoms with Gasteiger partial charge in [0.15, 0.2) is 27.4 Å². The number of amides is 1. The van der Waals surface area contributed by atoms with Gasteiger partial charge in [0.1, 0.15) is 0 Å². The average molecular weight is 642 g/mol. The van der Waals surface area contributed by atoms with Crippen molar-refractivity contribution < 1.29 is 24.2 Å². The number of aliphatic hydroxyl groups is 1. The highest BCUT2D eigenvalue weighted by Gasteiger charge is 2.45. The third-order valence-corrected chi connectivity index (χ3v) is 9.25. The molecular formula is C35H35N3O5S2. The van der Waals surface area contributed by atoms with Gasteiger partial charge in [0.2, 0.25) is 5.13 Å². The number of benzene rings is 3. The number of unbranched alkanes of at least 4 members (excludes halogenated alkanes) is 1. The summed E-state index contributed by atoms with van der Waals surface area (Å²) < 4.78 is 12.5. The van der Waals surface area contributed by atoms with E-state index in [9.17, 15) is 14.7 Å². The summed E-state index contributed by atoms with van der Waals surface area (Å²) in [5, 5.41) is 20.1. The van der Waals surface area contributed by atoms with Crippen LogP contribution in [0, 0.1) is 6.92 Å². The minimum atomic E-state index is -0.961. The summed E-state index contributed by atoms with van der Waals surface area (Å²) in [5.74, 6) is -0.0845. The van der Waals surface area contributed by atoms with Gasteiger partial charge in [-0.3, -0.25) is 14.5 Å². The van der Waals surface area contributed by atoms with Crippen LogP contribution in [0.1, 0.15) is 55.0 Å². The van der Waals surface area contributed by atoms with E-state index in [1.807, 2.05) is 44.2 Å². The van der Waals surface area contributed by atoms with Crippen molar-refractivity contribution in [2.45, 2.75) is 49.7 Å². The van der Waals surface area contributed by atoms with E-state index in [2.05, 4.69) is 41.4 Å². The summed E-state index contributed by atoms with van der Waals surface area (Å²) in [6.45, 7) is 6.94. The first-order valence-electron chi connectivity index (χ1n) is 14.8. The number of ketones is 1. The zero-order chi connectivity index (χ0) is 31.8. The molecule has 1 amide bonds. The molecule has 1 aromatic heterocycles. The predicted molar refractivity (Wildman–Crippen MR) is 179 cm³/mol. The van der Waals surface area contributed by atoms with Crippen molar-refractivity contribution in [3.05, 3.63) is 112 Å². The molecule has 1 N–H and O–H groups in total. The maximum Gasteiger partial charge on any atom is 0.296 e. The number of ether oxygens (including phenoxy) is 2. The van der Waals surface area contributed by atoms with Gasteiger partial charge in [-0.25, -0.2) is 0 Å². The molecule has 1 aliphatic rings. The van der Waals surface area contributed by atoms with Crippen molar-refractivity contribution in [3.63, 3.8) is 0 Å². The zero-order valence-corrected chi connectivity index (χ0v) is 27.1. The van der Waals surface area contributed by atoms with E-state index in [-0.39, 0.29) is 10.7 Å². The average Bonchev–Trinajstić information content (AvgIpc) is 3.62. The molecule has 0 aliphatic carbocycles. The number of carbonyl (C=O) groups excluding carboxylic acids is 2. The number of carbonyl (C=O) groups is 2. The SMILES string of the molecule is CCCCOc1ccc(C2C(C(=O)C=Cc3ccccc3)=C(O)C(=O)N2c2nnc(SCc3ccc(C)cc3)s2)cc1OCC. The Balaban J connectivity index is 1.50. The number of hydrogen-bond donors (Lipinski definition) is 1. The second-order valence-corrected chi connectivity index (χ2v) is 12.6. The van der Waals surface area contributed by atoms with Crippen LogP contribution in [0.2, 0.25) is 0 Å². The Hall–Kier alpha value is -4.41. The smallest absolute Gasteiger partial charge is 0.296 e. The molecule has 232 valence electrons.